The van der Waals surface area contributed by atoms with Crippen LogP contribution in [-0.4, -0.2) is 36.3 Å². The number of fused-ring (bicyclic) bond motifs is 1. The van der Waals surface area contributed by atoms with Gasteiger partial charge in [-0.05, 0) is 36.0 Å². The molecule has 4 rings (SSSR count). The minimum absolute atomic E-state index is 0.0294. The van der Waals surface area contributed by atoms with Crippen molar-refractivity contribution >= 4 is 32.5 Å². The average Bonchev–Trinajstić information content (AvgIpc) is 3.35. The maximum absolute atomic E-state index is 13.2. The number of urea groups is 1. The summed E-state index contributed by atoms with van der Waals surface area (Å²) < 4.78 is 27.8. The number of aromatic nitrogens is 1. The first kappa shape index (κ1) is 22.2. The van der Waals surface area contributed by atoms with Crippen molar-refractivity contribution in [3.05, 3.63) is 40.4 Å². The third-order valence-corrected chi connectivity index (χ3v) is 8.82. The molecule has 0 unspecified atom stereocenters. The van der Waals surface area contributed by atoms with Gasteiger partial charge in [0.15, 0.2) is 5.13 Å². The second-order valence-electron chi connectivity index (χ2n) is 9.33. The lowest BCUT2D eigenvalue weighted by molar-refractivity contribution is 0.248. The van der Waals surface area contributed by atoms with Gasteiger partial charge in [-0.3, -0.25) is 5.32 Å². The molecule has 0 atom stereocenters. The smallest absolute Gasteiger partial charge is 0.321 e. The Balaban J connectivity index is 1.44. The van der Waals surface area contributed by atoms with E-state index in [1.54, 1.807) is 12.1 Å². The van der Waals surface area contributed by atoms with Gasteiger partial charge in [0.1, 0.15) is 0 Å². The number of nitrogens with zero attached hydrogens (tertiary/aromatic N) is 2. The SMILES string of the molecule is CC(C)(C)c1ccc(S(=O)(=O)N2CCc3nc(NC(=O)NC4CCCC4)sc3C2)cc1. The highest BCUT2D eigenvalue weighted by Crippen LogP contribution is 2.32. The summed E-state index contributed by atoms with van der Waals surface area (Å²) in [6.07, 6.45) is 4.88. The summed E-state index contributed by atoms with van der Waals surface area (Å²) in [5, 5.41) is 6.33. The van der Waals surface area contributed by atoms with Crippen molar-refractivity contribution < 1.29 is 13.2 Å². The molecule has 1 aromatic carbocycles. The largest absolute Gasteiger partial charge is 0.335 e. The van der Waals surface area contributed by atoms with Crippen LogP contribution in [-0.2, 0) is 28.4 Å². The van der Waals surface area contributed by atoms with Gasteiger partial charge in [-0.2, -0.15) is 4.31 Å². The van der Waals surface area contributed by atoms with E-state index in [1.807, 2.05) is 12.1 Å². The summed E-state index contributed by atoms with van der Waals surface area (Å²) in [6, 6.07) is 7.16. The Morgan fingerprint density at radius 2 is 1.84 bits per heavy atom. The van der Waals surface area contributed by atoms with E-state index < -0.39 is 10.0 Å². The number of sulfonamides is 1. The Hall–Kier alpha value is -1.97. The van der Waals surface area contributed by atoms with Crippen LogP contribution in [0.4, 0.5) is 9.93 Å². The van der Waals surface area contributed by atoms with Crippen LogP contribution >= 0.6 is 11.3 Å². The maximum Gasteiger partial charge on any atom is 0.321 e. The quantitative estimate of drug-likeness (QED) is 0.711. The first-order valence-corrected chi connectivity index (χ1v) is 13.1. The summed E-state index contributed by atoms with van der Waals surface area (Å²) in [5.74, 6) is 0. The molecule has 1 saturated carbocycles. The van der Waals surface area contributed by atoms with Gasteiger partial charge < -0.3 is 5.32 Å². The van der Waals surface area contributed by atoms with E-state index in [2.05, 4.69) is 36.4 Å². The molecule has 0 bridgehead atoms. The lowest BCUT2D eigenvalue weighted by Crippen LogP contribution is -2.36. The molecule has 9 heteroatoms. The second kappa shape index (κ2) is 8.52. The lowest BCUT2D eigenvalue weighted by atomic mass is 9.87. The van der Waals surface area contributed by atoms with E-state index in [9.17, 15) is 13.2 Å². The molecule has 168 valence electrons. The molecule has 1 fully saturated rings. The Kier molecular flexibility index (Phi) is 6.11. The highest BCUT2D eigenvalue weighted by molar-refractivity contribution is 7.89. The zero-order valence-corrected chi connectivity index (χ0v) is 19.9. The summed E-state index contributed by atoms with van der Waals surface area (Å²) in [6.45, 7) is 6.97. The highest BCUT2D eigenvalue weighted by atomic mass is 32.2. The van der Waals surface area contributed by atoms with Crippen LogP contribution in [0.3, 0.4) is 0 Å². The fourth-order valence-electron chi connectivity index (χ4n) is 4.10. The molecule has 1 aromatic heterocycles. The maximum atomic E-state index is 13.2. The highest BCUT2D eigenvalue weighted by Gasteiger charge is 2.31. The molecule has 0 spiro atoms. The van der Waals surface area contributed by atoms with Gasteiger partial charge in [-0.25, -0.2) is 18.2 Å². The molecule has 0 saturated heterocycles. The van der Waals surface area contributed by atoms with Gasteiger partial charge >= 0.3 is 6.03 Å². The molecule has 31 heavy (non-hydrogen) atoms. The molecular formula is C22H30N4O3S2. The number of anilines is 1. The van der Waals surface area contributed by atoms with Gasteiger partial charge in [-0.15, -0.1) is 0 Å². The van der Waals surface area contributed by atoms with Crippen molar-refractivity contribution in [2.45, 2.75) is 75.8 Å². The summed E-state index contributed by atoms with van der Waals surface area (Å²) >= 11 is 1.35. The summed E-state index contributed by atoms with van der Waals surface area (Å²) in [7, 11) is -3.58. The minimum atomic E-state index is -3.58. The van der Waals surface area contributed by atoms with E-state index in [-0.39, 0.29) is 24.0 Å². The van der Waals surface area contributed by atoms with Gasteiger partial charge in [0.05, 0.1) is 17.1 Å². The number of benzene rings is 1. The zero-order valence-electron chi connectivity index (χ0n) is 18.3. The van der Waals surface area contributed by atoms with Crippen LogP contribution in [0.15, 0.2) is 29.2 Å². The molecule has 0 radical (unpaired) electrons. The van der Waals surface area contributed by atoms with Crippen LogP contribution in [0.2, 0.25) is 0 Å². The third-order valence-electron chi connectivity index (χ3n) is 5.97. The van der Waals surface area contributed by atoms with Crippen LogP contribution in [0, 0.1) is 0 Å². The van der Waals surface area contributed by atoms with Crippen LogP contribution in [0.1, 0.15) is 62.6 Å². The lowest BCUT2D eigenvalue weighted by Gasteiger charge is -2.26. The average molecular weight is 463 g/mol. The molecule has 1 aliphatic heterocycles. The van der Waals surface area contributed by atoms with E-state index in [0.29, 0.717) is 23.0 Å². The number of rotatable bonds is 4. The molecule has 1 aliphatic carbocycles. The first-order chi connectivity index (χ1) is 14.6. The van der Waals surface area contributed by atoms with Crippen molar-refractivity contribution in [1.82, 2.24) is 14.6 Å². The fourth-order valence-corrected chi connectivity index (χ4v) is 6.60. The predicted octanol–water partition coefficient (Wildman–Crippen LogP) is 4.25. The Bertz CT molecular complexity index is 1050. The molecule has 2 amide bonds. The summed E-state index contributed by atoms with van der Waals surface area (Å²) in [4.78, 5) is 17.9. The molecule has 2 N–H and O–H groups in total. The number of nitrogens with one attached hydrogen (secondary N) is 2. The molecular weight excluding hydrogens is 432 g/mol. The Morgan fingerprint density at radius 1 is 1.16 bits per heavy atom. The van der Waals surface area contributed by atoms with Gasteiger partial charge in [0.2, 0.25) is 10.0 Å². The number of hydrogen-bond acceptors (Lipinski definition) is 5. The summed E-state index contributed by atoms with van der Waals surface area (Å²) in [5.41, 5.74) is 1.94. The first-order valence-electron chi connectivity index (χ1n) is 10.8. The molecule has 7 nitrogen and oxygen atoms in total. The number of amides is 2. The van der Waals surface area contributed by atoms with E-state index in [0.717, 1.165) is 41.8 Å². The molecule has 2 aliphatic rings. The minimum Gasteiger partial charge on any atom is -0.335 e. The third kappa shape index (κ3) is 4.94. The van der Waals surface area contributed by atoms with Gasteiger partial charge in [0.25, 0.3) is 0 Å². The van der Waals surface area contributed by atoms with E-state index >= 15 is 0 Å². The zero-order chi connectivity index (χ0) is 22.2. The molecule has 2 aromatic rings. The monoisotopic (exact) mass is 462 g/mol. The normalized spacial score (nSPS) is 18.0. The number of hydrogen-bond donors (Lipinski definition) is 2. The van der Waals surface area contributed by atoms with E-state index in [1.165, 1.54) is 15.6 Å². The topological polar surface area (TPSA) is 91.4 Å². The van der Waals surface area contributed by atoms with Crippen molar-refractivity contribution in [1.29, 1.82) is 0 Å². The van der Waals surface area contributed by atoms with Gasteiger partial charge in [0, 0.05) is 23.9 Å². The van der Waals surface area contributed by atoms with Crippen LogP contribution in [0.25, 0.3) is 0 Å². The van der Waals surface area contributed by atoms with E-state index in [4.69, 9.17) is 0 Å². The number of thiazole rings is 1. The second-order valence-corrected chi connectivity index (χ2v) is 12.4. The fraction of sp³-hybridized carbons (Fsp3) is 0.545. The number of carbonyl (C=O) groups is 1. The predicted molar refractivity (Wildman–Crippen MR) is 123 cm³/mol. The Morgan fingerprint density at radius 3 is 2.48 bits per heavy atom. The van der Waals surface area contributed by atoms with Crippen molar-refractivity contribution in [3.8, 4) is 0 Å². The van der Waals surface area contributed by atoms with Crippen molar-refractivity contribution in [2.75, 3.05) is 11.9 Å². The Labute approximate surface area is 188 Å². The standard InChI is InChI=1S/C22H30N4O3S2/c1-22(2,3)15-8-10-17(11-9-15)31(28,29)26-13-12-18-19(14-26)30-21(24-18)25-20(27)23-16-6-4-5-7-16/h8-11,16H,4-7,12-14H2,1-3H3,(H2,23,24,25,27). The van der Waals surface area contributed by atoms with Gasteiger partial charge in [-0.1, -0.05) is 57.1 Å². The van der Waals surface area contributed by atoms with Crippen molar-refractivity contribution in [2.24, 2.45) is 0 Å². The molecule has 2 heterocycles. The number of carbonyl (C=O) groups excluding carboxylic acids is 1. The van der Waals surface area contributed by atoms with Crippen LogP contribution < -0.4 is 10.6 Å². The van der Waals surface area contributed by atoms with Crippen LogP contribution in [0.5, 0.6) is 0 Å². The van der Waals surface area contributed by atoms with Crippen molar-refractivity contribution in [3.63, 3.8) is 0 Å².